The third kappa shape index (κ3) is 5.36. The third-order valence-corrected chi connectivity index (χ3v) is 4.00. The first-order chi connectivity index (χ1) is 9.28. The lowest BCUT2D eigenvalue weighted by Crippen LogP contribution is -2.49. The Kier molecular flexibility index (Phi) is 6.53. The molecule has 2 rings (SSSR count). The highest BCUT2D eigenvalue weighted by molar-refractivity contribution is 4.78. The van der Waals surface area contributed by atoms with Gasteiger partial charge in [-0.15, -0.1) is 0 Å². The van der Waals surface area contributed by atoms with Gasteiger partial charge in [0.1, 0.15) is 0 Å². The highest BCUT2D eigenvalue weighted by Gasteiger charge is 2.21. The Bertz CT molecular complexity index is 247. The van der Waals surface area contributed by atoms with Crippen molar-refractivity contribution in [2.24, 2.45) is 0 Å². The Labute approximate surface area is 117 Å². The van der Waals surface area contributed by atoms with Crippen molar-refractivity contribution < 1.29 is 9.47 Å². The van der Waals surface area contributed by atoms with E-state index in [0.29, 0.717) is 18.2 Å². The lowest BCUT2D eigenvalue weighted by Gasteiger charge is -2.33. The molecule has 0 spiro atoms. The molecule has 0 aromatic heterocycles. The number of hydrogen-bond acceptors (Lipinski definition) is 5. The van der Waals surface area contributed by atoms with Crippen molar-refractivity contribution >= 4 is 0 Å². The summed E-state index contributed by atoms with van der Waals surface area (Å²) in [7, 11) is 0. The minimum Gasteiger partial charge on any atom is -0.379 e. The van der Waals surface area contributed by atoms with Crippen LogP contribution in [0, 0.1) is 0 Å². The first-order valence-corrected chi connectivity index (χ1v) is 7.66. The monoisotopic (exact) mass is 271 g/mol. The maximum atomic E-state index is 5.81. The van der Waals surface area contributed by atoms with E-state index >= 15 is 0 Å². The van der Waals surface area contributed by atoms with E-state index in [1.165, 1.54) is 0 Å². The van der Waals surface area contributed by atoms with E-state index in [9.17, 15) is 0 Å². The van der Waals surface area contributed by atoms with Gasteiger partial charge in [0, 0.05) is 38.3 Å². The fraction of sp³-hybridized carbons (Fsp3) is 1.00. The van der Waals surface area contributed by atoms with Crippen molar-refractivity contribution in [3.63, 3.8) is 0 Å². The Hall–Kier alpha value is -0.200. The molecule has 2 fully saturated rings. The van der Waals surface area contributed by atoms with Crippen LogP contribution in [0.2, 0.25) is 0 Å². The van der Waals surface area contributed by atoms with E-state index in [1.807, 2.05) is 0 Å². The molecule has 2 aliphatic heterocycles. The van der Waals surface area contributed by atoms with Crippen molar-refractivity contribution in [1.82, 2.24) is 15.5 Å². The molecule has 0 amide bonds. The predicted molar refractivity (Wildman–Crippen MR) is 76.5 cm³/mol. The molecule has 0 radical (unpaired) electrons. The van der Waals surface area contributed by atoms with Gasteiger partial charge in [-0.25, -0.2) is 0 Å². The van der Waals surface area contributed by atoms with Crippen molar-refractivity contribution in [1.29, 1.82) is 0 Å². The molecule has 3 atom stereocenters. The highest BCUT2D eigenvalue weighted by atomic mass is 16.5. The number of nitrogens with zero attached hydrogens (tertiary/aromatic N) is 1. The van der Waals surface area contributed by atoms with Gasteiger partial charge < -0.3 is 20.1 Å². The molecule has 3 unspecified atom stereocenters. The van der Waals surface area contributed by atoms with Gasteiger partial charge in [0.2, 0.25) is 0 Å². The molecule has 0 aromatic rings. The van der Waals surface area contributed by atoms with Gasteiger partial charge in [-0.3, -0.25) is 4.90 Å². The maximum Gasteiger partial charge on any atom is 0.0826 e. The number of morpholine rings is 2. The molecule has 19 heavy (non-hydrogen) atoms. The number of nitrogens with one attached hydrogen (secondary N) is 2. The van der Waals surface area contributed by atoms with Gasteiger partial charge in [0.25, 0.3) is 0 Å². The smallest absolute Gasteiger partial charge is 0.0826 e. The topological polar surface area (TPSA) is 45.8 Å². The Morgan fingerprint density at radius 1 is 1.42 bits per heavy atom. The second kappa shape index (κ2) is 8.17. The van der Waals surface area contributed by atoms with Crippen LogP contribution in [0.5, 0.6) is 0 Å². The van der Waals surface area contributed by atoms with Gasteiger partial charge in [0.05, 0.1) is 25.9 Å². The Morgan fingerprint density at radius 3 is 3.05 bits per heavy atom. The summed E-state index contributed by atoms with van der Waals surface area (Å²) in [6, 6.07) is 0.996. The van der Waals surface area contributed by atoms with Crippen LogP contribution in [0.15, 0.2) is 0 Å². The molecule has 0 aromatic carbocycles. The quantitative estimate of drug-likeness (QED) is 0.715. The molecule has 112 valence electrons. The van der Waals surface area contributed by atoms with E-state index < -0.39 is 0 Å². The number of ether oxygens (including phenoxy) is 2. The van der Waals surface area contributed by atoms with E-state index in [2.05, 4.69) is 29.4 Å². The predicted octanol–water partition coefficient (Wildman–Crippen LogP) is 0.0637. The van der Waals surface area contributed by atoms with E-state index in [0.717, 1.165) is 59.0 Å². The minimum atomic E-state index is 0.340. The normalized spacial score (nSPS) is 31.3. The number of hydrogen-bond donors (Lipinski definition) is 2. The average Bonchev–Trinajstić information content (AvgIpc) is 2.46. The van der Waals surface area contributed by atoms with Crippen molar-refractivity contribution in [3.8, 4) is 0 Å². The third-order valence-electron chi connectivity index (χ3n) is 4.00. The molecule has 0 bridgehead atoms. The lowest BCUT2D eigenvalue weighted by molar-refractivity contribution is -0.0265. The van der Waals surface area contributed by atoms with E-state index in [-0.39, 0.29) is 0 Å². The summed E-state index contributed by atoms with van der Waals surface area (Å²) in [6.07, 6.45) is 1.45. The molecule has 5 heteroatoms. The van der Waals surface area contributed by atoms with Gasteiger partial charge in [-0.2, -0.15) is 0 Å². The molecular formula is C14H29N3O2. The number of rotatable bonds is 6. The van der Waals surface area contributed by atoms with E-state index in [4.69, 9.17) is 9.47 Å². The van der Waals surface area contributed by atoms with Crippen molar-refractivity contribution in [3.05, 3.63) is 0 Å². The SMILES string of the molecule is CCN1CCOC(CNC(C)CC2COCCN2)C1. The second-order valence-electron chi connectivity index (χ2n) is 5.66. The van der Waals surface area contributed by atoms with Gasteiger partial charge in [-0.05, 0) is 19.9 Å². The summed E-state index contributed by atoms with van der Waals surface area (Å²) in [5, 5.41) is 7.10. The van der Waals surface area contributed by atoms with Gasteiger partial charge in [0.15, 0.2) is 0 Å². The molecule has 2 N–H and O–H groups in total. The molecule has 2 heterocycles. The highest BCUT2D eigenvalue weighted by Crippen LogP contribution is 2.06. The molecule has 2 saturated heterocycles. The minimum absolute atomic E-state index is 0.340. The van der Waals surface area contributed by atoms with Crippen molar-refractivity contribution in [2.75, 3.05) is 52.5 Å². The van der Waals surface area contributed by atoms with Gasteiger partial charge >= 0.3 is 0 Å². The zero-order valence-electron chi connectivity index (χ0n) is 12.4. The van der Waals surface area contributed by atoms with Crippen LogP contribution in [-0.2, 0) is 9.47 Å². The van der Waals surface area contributed by atoms with Crippen LogP contribution in [0.3, 0.4) is 0 Å². The average molecular weight is 271 g/mol. The van der Waals surface area contributed by atoms with Crippen LogP contribution >= 0.6 is 0 Å². The Balaban J connectivity index is 1.61. The Morgan fingerprint density at radius 2 is 2.32 bits per heavy atom. The first kappa shape index (κ1) is 15.2. The van der Waals surface area contributed by atoms with Gasteiger partial charge in [-0.1, -0.05) is 6.92 Å². The molecular weight excluding hydrogens is 242 g/mol. The largest absolute Gasteiger partial charge is 0.379 e. The van der Waals surface area contributed by atoms with Crippen molar-refractivity contribution in [2.45, 2.75) is 38.5 Å². The maximum absolute atomic E-state index is 5.81. The fourth-order valence-electron chi connectivity index (χ4n) is 2.80. The summed E-state index contributed by atoms with van der Waals surface area (Å²) in [5.74, 6) is 0. The summed E-state index contributed by atoms with van der Waals surface area (Å²) >= 11 is 0. The summed E-state index contributed by atoms with van der Waals surface area (Å²) in [6.45, 7) is 12.2. The summed E-state index contributed by atoms with van der Waals surface area (Å²) in [5.41, 5.74) is 0. The standard InChI is InChI=1S/C14H29N3O2/c1-3-17-5-7-19-14(10-17)9-16-12(2)8-13-11-18-6-4-15-13/h12-16H,3-11H2,1-2H3. The lowest BCUT2D eigenvalue weighted by atomic mass is 10.1. The zero-order valence-corrected chi connectivity index (χ0v) is 12.4. The fourth-order valence-corrected chi connectivity index (χ4v) is 2.80. The van der Waals surface area contributed by atoms with Crippen LogP contribution in [-0.4, -0.2) is 75.6 Å². The summed E-state index contributed by atoms with van der Waals surface area (Å²) in [4.78, 5) is 2.46. The molecule has 0 saturated carbocycles. The van der Waals surface area contributed by atoms with Crippen LogP contribution < -0.4 is 10.6 Å². The van der Waals surface area contributed by atoms with E-state index in [1.54, 1.807) is 0 Å². The van der Waals surface area contributed by atoms with Crippen LogP contribution in [0.1, 0.15) is 20.3 Å². The van der Waals surface area contributed by atoms with Crippen LogP contribution in [0.4, 0.5) is 0 Å². The molecule has 2 aliphatic rings. The summed E-state index contributed by atoms with van der Waals surface area (Å²) < 4.78 is 11.3. The van der Waals surface area contributed by atoms with Crippen LogP contribution in [0.25, 0.3) is 0 Å². The molecule has 0 aliphatic carbocycles. The number of likely N-dealkylation sites (N-methyl/N-ethyl adjacent to an activating group) is 1. The first-order valence-electron chi connectivity index (χ1n) is 7.66. The molecule has 5 nitrogen and oxygen atoms in total. The second-order valence-corrected chi connectivity index (χ2v) is 5.66. The zero-order chi connectivity index (χ0) is 13.5.